The number of hydrogen-bond acceptors (Lipinski definition) is 3. The third kappa shape index (κ3) is 2.30. The first-order valence-electron chi connectivity index (χ1n) is 6.24. The lowest BCUT2D eigenvalue weighted by molar-refractivity contribution is 0.0699. The van der Waals surface area contributed by atoms with Gasteiger partial charge in [0.05, 0.1) is 11.1 Å². The molecule has 3 rings (SSSR count). The highest BCUT2D eigenvalue weighted by molar-refractivity contribution is 6.31. The van der Waals surface area contributed by atoms with Crippen molar-refractivity contribution in [1.29, 1.82) is 0 Å². The SMILES string of the molecule is Nc1ccc(Cl)cc1-c1ccc(C(=O)O)c2ncccc12. The topological polar surface area (TPSA) is 76.2 Å². The van der Waals surface area contributed by atoms with E-state index in [4.69, 9.17) is 17.3 Å². The van der Waals surface area contributed by atoms with E-state index >= 15 is 0 Å². The summed E-state index contributed by atoms with van der Waals surface area (Å²) in [6.45, 7) is 0. The molecule has 0 aliphatic rings. The molecule has 0 aliphatic heterocycles. The minimum atomic E-state index is -1.01. The van der Waals surface area contributed by atoms with Crippen LogP contribution in [0.3, 0.4) is 0 Å². The standard InChI is InChI=1S/C16H11ClN2O2/c17-9-3-6-14(18)13(8-9)10-4-5-12(16(20)21)15-11(10)2-1-7-19-15/h1-8H,18H2,(H,20,21). The Morgan fingerprint density at radius 2 is 1.95 bits per heavy atom. The highest BCUT2D eigenvalue weighted by Crippen LogP contribution is 2.34. The Kier molecular flexibility index (Phi) is 3.23. The van der Waals surface area contributed by atoms with Crippen LogP contribution in [0.4, 0.5) is 5.69 Å². The van der Waals surface area contributed by atoms with E-state index in [2.05, 4.69) is 4.98 Å². The zero-order chi connectivity index (χ0) is 15.0. The van der Waals surface area contributed by atoms with Gasteiger partial charge in [-0.1, -0.05) is 23.7 Å². The zero-order valence-corrected chi connectivity index (χ0v) is 11.6. The number of fused-ring (bicyclic) bond motifs is 1. The number of carbonyl (C=O) groups is 1. The molecule has 3 aromatic rings. The maximum atomic E-state index is 11.3. The van der Waals surface area contributed by atoms with Crippen molar-refractivity contribution in [3.63, 3.8) is 0 Å². The van der Waals surface area contributed by atoms with Crippen LogP contribution in [0.1, 0.15) is 10.4 Å². The molecule has 0 amide bonds. The zero-order valence-electron chi connectivity index (χ0n) is 10.9. The van der Waals surface area contributed by atoms with Gasteiger partial charge in [-0.3, -0.25) is 4.98 Å². The van der Waals surface area contributed by atoms with Gasteiger partial charge in [0.25, 0.3) is 0 Å². The minimum absolute atomic E-state index is 0.162. The number of carboxylic acid groups (broad SMARTS) is 1. The van der Waals surface area contributed by atoms with Crippen molar-refractivity contribution in [3.8, 4) is 11.1 Å². The molecule has 104 valence electrons. The van der Waals surface area contributed by atoms with Gasteiger partial charge in [-0.2, -0.15) is 0 Å². The van der Waals surface area contributed by atoms with Crippen LogP contribution in [0.2, 0.25) is 5.02 Å². The van der Waals surface area contributed by atoms with Crippen LogP contribution in [0.15, 0.2) is 48.7 Å². The molecule has 0 atom stereocenters. The molecule has 21 heavy (non-hydrogen) atoms. The molecule has 5 heteroatoms. The second-order valence-corrected chi connectivity index (χ2v) is 5.03. The van der Waals surface area contributed by atoms with E-state index in [0.29, 0.717) is 16.2 Å². The van der Waals surface area contributed by atoms with Crippen molar-refractivity contribution in [2.75, 3.05) is 5.73 Å². The molecule has 0 saturated heterocycles. The van der Waals surface area contributed by atoms with Gasteiger partial charge < -0.3 is 10.8 Å². The molecule has 0 unspecified atom stereocenters. The smallest absolute Gasteiger partial charge is 0.337 e. The van der Waals surface area contributed by atoms with Gasteiger partial charge in [0.15, 0.2) is 0 Å². The second-order valence-electron chi connectivity index (χ2n) is 4.60. The first kappa shape index (κ1) is 13.4. The molecule has 0 aliphatic carbocycles. The van der Waals surface area contributed by atoms with Crippen LogP contribution >= 0.6 is 11.6 Å². The molecule has 4 nitrogen and oxygen atoms in total. The number of anilines is 1. The largest absolute Gasteiger partial charge is 0.478 e. The molecule has 0 radical (unpaired) electrons. The fraction of sp³-hybridized carbons (Fsp3) is 0. The van der Waals surface area contributed by atoms with Gasteiger partial charge in [-0.05, 0) is 35.9 Å². The number of benzene rings is 2. The fourth-order valence-corrected chi connectivity index (χ4v) is 2.51. The average Bonchev–Trinajstić information content (AvgIpc) is 2.48. The highest BCUT2D eigenvalue weighted by atomic mass is 35.5. The Bertz CT molecular complexity index is 862. The van der Waals surface area contributed by atoms with Crippen LogP contribution in [-0.2, 0) is 0 Å². The number of nitrogens with zero attached hydrogens (tertiary/aromatic N) is 1. The summed E-state index contributed by atoms with van der Waals surface area (Å²) in [4.78, 5) is 15.5. The normalized spacial score (nSPS) is 10.7. The van der Waals surface area contributed by atoms with E-state index in [1.165, 1.54) is 6.07 Å². The van der Waals surface area contributed by atoms with E-state index in [-0.39, 0.29) is 5.56 Å². The van der Waals surface area contributed by atoms with Crippen LogP contribution in [-0.4, -0.2) is 16.1 Å². The molecule has 0 saturated carbocycles. The highest BCUT2D eigenvalue weighted by Gasteiger charge is 2.14. The molecule has 2 aromatic carbocycles. The van der Waals surface area contributed by atoms with Gasteiger partial charge in [-0.15, -0.1) is 0 Å². The first-order chi connectivity index (χ1) is 10.1. The van der Waals surface area contributed by atoms with Crippen LogP contribution in [0.25, 0.3) is 22.0 Å². The molecule has 3 N–H and O–H groups in total. The number of carboxylic acids is 1. The molecule has 1 aromatic heterocycles. The number of pyridine rings is 1. The predicted molar refractivity (Wildman–Crippen MR) is 83.6 cm³/mol. The Morgan fingerprint density at radius 3 is 2.71 bits per heavy atom. The lowest BCUT2D eigenvalue weighted by Gasteiger charge is -2.11. The van der Waals surface area contributed by atoms with E-state index < -0.39 is 5.97 Å². The van der Waals surface area contributed by atoms with Gasteiger partial charge in [0.1, 0.15) is 0 Å². The number of aromatic nitrogens is 1. The first-order valence-corrected chi connectivity index (χ1v) is 6.62. The Morgan fingerprint density at radius 1 is 1.14 bits per heavy atom. The monoisotopic (exact) mass is 298 g/mol. The summed E-state index contributed by atoms with van der Waals surface area (Å²) in [5, 5.41) is 10.6. The van der Waals surface area contributed by atoms with Crippen LogP contribution in [0.5, 0.6) is 0 Å². The van der Waals surface area contributed by atoms with Gasteiger partial charge in [0, 0.05) is 27.9 Å². The Labute approximate surface area is 125 Å². The number of nitrogen functional groups attached to an aromatic ring is 1. The number of hydrogen-bond donors (Lipinski definition) is 2. The van der Waals surface area contributed by atoms with E-state index in [0.717, 1.165) is 16.5 Å². The molecule has 1 heterocycles. The van der Waals surface area contributed by atoms with Crippen LogP contribution in [0, 0.1) is 0 Å². The Balaban J connectivity index is 2.37. The van der Waals surface area contributed by atoms with Gasteiger partial charge in [-0.25, -0.2) is 4.79 Å². The number of aromatic carboxylic acids is 1. The molecular formula is C16H11ClN2O2. The van der Waals surface area contributed by atoms with Gasteiger partial charge in [0.2, 0.25) is 0 Å². The molecule has 0 bridgehead atoms. The maximum Gasteiger partial charge on any atom is 0.337 e. The third-order valence-electron chi connectivity index (χ3n) is 3.31. The van der Waals surface area contributed by atoms with Crippen LogP contribution < -0.4 is 5.73 Å². The number of nitrogens with two attached hydrogens (primary N) is 1. The van der Waals surface area contributed by atoms with Crippen molar-refractivity contribution in [2.45, 2.75) is 0 Å². The lowest BCUT2D eigenvalue weighted by atomic mass is 9.97. The average molecular weight is 299 g/mol. The summed E-state index contributed by atoms with van der Waals surface area (Å²) in [5.41, 5.74) is 8.76. The maximum absolute atomic E-state index is 11.3. The second kappa shape index (κ2) is 5.07. The third-order valence-corrected chi connectivity index (χ3v) is 3.54. The Hall–Kier alpha value is -2.59. The molecular weight excluding hydrogens is 288 g/mol. The van der Waals surface area contributed by atoms with Crippen molar-refractivity contribution in [3.05, 3.63) is 59.2 Å². The van der Waals surface area contributed by atoms with E-state index in [9.17, 15) is 9.90 Å². The summed E-state index contributed by atoms with van der Waals surface area (Å²) in [6, 6.07) is 12.1. The van der Waals surface area contributed by atoms with Crippen molar-refractivity contribution < 1.29 is 9.90 Å². The molecule has 0 spiro atoms. The summed E-state index contributed by atoms with van der Waals surface area (Å²) < 4.78 is 0. The number of halogens is 1. The summed E-state index contributed by atoms with van der Waals surface area (Å²) in [5.74, 6) is -1.01. The van der Waals surface area contributed by atoms with E-state index in [1.54, 1.807) is 36.5 Å². The van der Waals surface area contributed by atoms with E-state index in [1.807, 2.05) is 6.07 Å². The van der Waals surface area contributed by atoms with Crippen molar-refractivity contribution in [2.24, 2.45) is 0 Å². The number of rotatable bonds is 2. The van der Waals surface area contributed by atoms with Crippen molar-refractivity contribution >= 4 is 34.2 Å². The minimum Gasteiger partial charge on any atom is -0.478 e. The lowest BCUT2D eigenvalue weighted by Crippen LogP contribution is -2.00. The fourth-order valence-electron chi connectivity index (χ4n) is 2.34. The summed E-state index contributed by atoms with van der Waals surface area (Å²) in [7, 11) is 0. The quantitative estimate of drug-likeness (QED) is 0.705. The molecule has 0 fully saturated rings. The summed E-state index contributed by atoms with van der Waals surface area (Å²) >= 11 is 6.03. The summed E-state index contributed by atoms with van der Waals surface area (Å²) in [6.07, 6.45) is 1.57. The van der Waals surface area contributed by atoms with Gasteiger partial charge >= 0.3 is 5.97 Å². The van der Waals surface area contributed by atoms with Crippen molar-refractivity contribution in [1.82, 2.24) is 4.98 Å². The predicted octanol–water partition coefficient (Wildman–Crippen LogP) is 3.84.